The molecule has 1 amide bonds. The zero-order chi connectivity index (χ0) is 19.1. The van der Waals surface area contributed by atoms with Crippen molar-refractivity contribution >= 4 is 17.5 Å². The van der Waals surface area contributed by atoms with E-state index in [1.807, 2.05) is 12.1 Å². The van der Waals surface area contributed by atoms with Crippen LogP contribution in [0.25, 0.3) is 0 Å². The Bertz CT molecular complexity index is 907. The summed E-state index contributed by atoms with van der Waals surface area (Å²) in [4.78, 5) is 12.7. The van der Waals surface area contributed by atoms with Gasteiger partial charge in [0.25, 0.3) is 5.91 Å². The van der Waals surface area contributed by atoms with E-state index in [-0.39, 0.29) is 17.6 Å². The lowest BCUT2D eigenvalue weighted by Gasteiger charge is -2.40. The monoisotopic (exact) mass is 403 g/mol. The van der Waals surface area contributed by atoms with Crippen LogP contribution in [0.2, 0.25) is 5.02 Å². The Morgan fingerprint density at radius 3 is 2.96 bits per heavy atom. The number of benzene rings is 1. The number of aromatic nitrogens is 2. The highest BCUT2D eigenvalue weighted by Crippen LogP contribution is 2.36. The molecule has 4 heterocycles. The van der Waals surface area contributed by atoms with Crippen LogP contribution in [0.1, 0.15) is 35.3 Å². The average molecular weight is 404 g/mol. The predicted octanol–water partition coefficient (Wildman–Crippen LogP) is 2.60. The average Bonchev–Trinajstić information content (AvgIpc) is 3.11. The quantitative estimate of drug-likeness (QED) is 0.834. The van der Waals surface area contributed by atoms with Gasteiger partial charge in [-0.15, -0.1) is 0 Å². The SMILES string of the molecule is O=C(N[C@H]1COc2ccc(Cl)cc2C1)c1cc2n(n1)CCC1(CCOCC1)O2. The van der Waals surface area contributed by atoms with Crippen molar-refractivity contribution in [3.63, 3.8) is 0 Å². The van der Waals surface area contributed by atoms with Gasteiger partial charge >= 0.3 is 0 Å². The molecule has 0 saturated carbocycles. The third kappa shape index (κ3) is 3.33. The van der Waals surface area contributed by atoms with Crippen molar-refractivity contribution in [2.45, 2.75) is 43.9 Å². The van der Waals surface area contributed by atoms with Crippen molar-refractivity contribution in [3.8, 4) is 11.6 Å². The molecule has 5 rings (SSSR count). The molecule has 1 atom stereocenters. The van der Waals surface area contributed by atoms with Crippen molar-refractivity contribution < 1.29 is 19.0 Å². The molecule has 28 heavy (non-hydrogen) atoms. The maximum absolute atomic E-state index is 12.7. The molecule has 1 fully saturated rings. The summed E-state index contributed by atoms with van der Waals surface area (Å²) >= 11 is 6.07. The third-order valence-corrected chi connectivity index (χ3v) is 5.98. The van der Waals surface area contributed by atoms with Crippen LogP contribution in [-0.4, -0.2) is 47.2 Å². The Kier molecular flexibility index (Phi) is 4.44. The van der Waals surface area contributed by atoms with E-state index in [4.69, 9.17) is 25.8 Å². The van der Waals surface area contributed by atoms with E-state index in [2.05, 4.69) is 10.4 Å². The highest BCUT2D eigenvalue weighted by Gasteiger charge is 2.39. The van der Waals surface area contributed by atoms with Gasteiger partial charge in [0.05, 0.1) is 19.3 Å². The first-order valence-corrected chi connectivity index (χ1v) is 10.0. The second kappa shape index (κ2) is 6.97. The number of aryl methyl sites for hydroxylation is 1. The van der Waals surface area contributed by atoms with Crippen molar-refractivity contribution in [1.29, 1.82) is 0 Å². The molecule has 7 nitrogen and oxygen atoms in total. The zero-order valence-corrected chi connectivity index (χ0v) is 16.2. The first-order valence-electron chi connectivity index (χ1n) is 9.67. The highest BCUT2D eigenvalue weighted by atomic mass is 35.5. The van der Waals surface area contributed by atoms with E-state index in [1.165, 1.54) is 0 Å². The molecular weight excluding hydrogens is 382 g/mol. The number of hydrogen-bond donors (Lipinski definition) is 1. The highest BCUT2D eigenvalue weighted by molar-refractivity contribution is 6.30. The fourth-order valence-electron chi connectivity index (χ4n) is 4.15. The van der Waals surface area contributed by atoms with Crippen molar-refractivity contribution in [2.24, 2.45) is 0 Å². The number of nitrogens with one attached hydrogen (secondary N) is 1. The summed E-state index contributed by atoms with van der Waals surface area (Å²) in [6, 6.07) is 7.16. The normalized spacial score (nSPS) is 22.5. The molecule has 1 saturated heterocycles. The molecule has 2 aromatic rings. The molecule has 0 radical (unpaired) electrons. The van der Waals surface area contributed by atoms with E-state index < -0.39 is 0 Å². The summed E-state index contributed by atoms with van der Waals surface area (Å²) in [7, 11) is 0. The zero-order valence-electron chi connectivity index (χ0n) is 15.4. The van der Waals surface area contributed by atoms with Crippen LogP contribution in [0.4, 0.5) is 0 Å². The van der Waals surface area contributed by atoms with Crippen molar-refractivity contribution in [3.05, 3.63) is 40.5 Å². The van der Waals surface area contributed by atoms with Gasteiger partial charge in [-0.25, -0.2) is 4.68 Å². The van der Waals surface area contributed by atoms with Gasteiger partial charge in [-0.3, -0.25) is 4.79 Å². The van der Waals surface area contributed by atoms with Crippen molar-refractivity contribution in [2.75, 3.05) is 19.8 Å². The van der Waals surface area contributed by atoms with E-state index >= 15 is 0 Å². The summed E-state index contributed by atoms with van der Waals surface area (Å²) in [5, 5.41) is 8.12. The van der Waals surface area contributed by atoms with E-state index in [0.717, 1.165) is 37.1 Å². The van der Waals surface area contributed by atoms with Gasteiger partial charge in [-0.2, -0.15) is 5.10 Å². The minimum absolute atomic E-state index is 0.125. The number of fused-ring (bicyclic) bond motifs is 2. The molecule has 0 aliphatic carbocycles. The lowest BCUT2D eigenvalue weighted by molar-refractivity contribution is -0.0698. The molecule has 3 aliphatic heterocycles. The second-order valence-electron chi connectivity index (χ2n) is 7.68. The number of hydrogen-bond acceptors (Lipinski definition) is 5. The van der Waals surface area contributed by atoms with Crippen LogP contribution >= 0.6 is 11.6 Å². The summed E-state index contributed by atoms with van der Waals surface area (Å²) in [6.45, 7) is 2.61. The van der Waals surface area contributed by atoms with Crippen LogP contribution in [0, 0.1) is 0 Å². The van der Waals surface area contributed by atoms with Gasteiger partial charge in [-0.05, 0) is 30.2 Å². The summed E-state index contributed by atoms with van der Waals surface area (Å²) in [6.07, 6.45) is 3.32. The fourth-order valence-corrected chi connectivity index (χ4v) is 4.34. The summed E-state index contributed by atoms with van der Waals surface area (Å²) < 4.78 is 19.2. The standard InChI is InChI=1S/C20H22ClN3O4/c21-14-1-2-17-13(9-14)10-15(12-27-17)22-19(25)16-11-18-24(23-16)6-3-20(28-18)4-7-26-8-5-20/h1-2,9,11,15H,3-8,10,12H2,(H,22,25)/t15-/m1/s1. The molecular formula is C20H22ClN3O4. The minimum atomic E-state index is -0.217. The van der Waals surface area contributed by atoms with Gasteiger partial charge < -0.3 is 19.5 Å². The molecule has 3 aliphatic rings. The summed E-state index contributed by atoms with van der Waals surface area (Å²) in [5.41, 5.74) is 1.19. The second-order valence-corrected chi connectivity index (χ2v) is 8.11. The fraction of sp³-hybridized carbons (Fsp3) is 0.500. The molecule has 0 unspecified atom stereocenters. The number of nitrogens with zero attached hydrogens (tertiary/aromatic N) is 2. The number of amides is 1. The number of ether oxygens (including phenoxy) is 3. The van der Waals surface area contributed by atoms with E-state index in [1.54, 1.807) is 16.8 Å². The van der Waals surface area contributed by atoms with Crippen LogP contribution < -0.4 is 14.8 Å². The Morgan fingerprint density at radius 1 is 1.25 bits per heavy atom. The lowest BCUT2D eigenvalue weighted by Crippen LogP contribution is -2.45. The largest absolute Gasteiger partial charge is 0.491 e. The molecule has 148 valence electrons. The van der Waals surface area contributed by atoms with Gasteiger partial charge in [-0.1, -0.05) is 11.6 Å². The van der Waals surface area contributed by atoms with Crippen LogP contribution in [0.3, 0.4) is 0 Å². The third-order valence-electron chi connectivity index (χ3n) is 5.74. The Morgan fingerprint density at radius 2 is 2.11 bits per heavy atom. The first kappa shape index (κ1) is 17.8. The Hall–Kier alpha value is -2.25. The Labute approximate surface area is 167 Å². The topological polar surface area (TPSA) is 74.6 Å². The van der Waals surface area contributed by atoms with Crippen molar-refractivity contribution in [1.82, 2.24) is 15.1 Å². The molecule has 0 bridgehead atoms. The number of halogens is 1. The van der Waals surface area contributed by atoms with Gasteiger partial charge in [0.1, 0.15) is 18.0 Å². The minimum Gasteiger partial charge on any atom is -0.491 e. The molecule has 1 spiro atoms. The van der Waals surface area contributed by atoms with Crippen LogP contribution in [0.5, 0.6) is 11.6 Å². The number of rotatable bonds is 2. The van der Waals surface area contributed by atoms with Crippen LogP contribution in [-0.2, 0) is 17.7 Å². The van der Waals surface area contributed by atoms with E-state index in [0.29, 0.717) is 42.8 Å². The molecule has 8 heteroatoms. The van der Waals surface area contributed by atoms with Gasteiger partial charge in [0, 0.05) is 36.9 Å². The van der Waals surface area contributed by atoms with E-state index in [9.17, 15) is 4.79 Å². The number of carbonyl (C=O) groups excluding carboxylic acids is 1. The molecule has 1 N–H and O–H groups in total. The molecule has 1 aromatic carbocycles. The predicted molar refractivity (Wildman–Crippen MR) is 102 cm³/mol. The van der Waals surface area contributed by atoms with Crippen LogP contribution in [0.15, 0.2) is 24.3 Å². The smallest absolute Gasteiger partial charge is 0.272 e. The van der Waals surface area contributed by atoms with Gasteiger partial charge in [0.15, 0.2) is 5.69 Å². The summed E-state index contributed by atoms with van der Waals surface area (Å²) in [5.74, 6) is 1.27. The molecule has 1 aromatic heterocycles. The lowest BCUT2D eigenvalue weighted by atomic mass is 9.89. The maximum atomic E-state index is 12.7. The Balaban J connectivity index is 1.27. The van der Waals surface area contributed by atoms with Gasteiger partial charge in [0.2, 0.25) is 5.88 Å². The first-order chi connectivity index (χ1) is 13.6. The maximum Gasteiger partial charge on any atom is 0.272 e. The number of carbonyl (C=O) groups is 1.